The van der Waals surface area contributed by atoms with Gasteiger partial charge in [-0.25, -0.2) is 19.2 Å². The summed E-state index contributed by atoms with van der Waals surface area (Å²) in [6, 6.07) is 10.0. The molecular weight excluding hydrogens is 499 g/mol. The van der Waals surface area contributed by atoms with Crippen molar-refractivity contribution in [2.24, 2.45) is 0 Å². The van der Waals surface area contributed by atoms with Gasteiger partial charge in [-0.15, -0.1) is 0 Å². The van der Waals surface area contributed by atoms with Crippen molar-refractivity contribution in [2.75, 3.05) is 0 Å². The van der Waals surface area contributed by atoms with Crippen LogP contribution in [0, 0.1) is 0 Å². The quantitative estimate of drug-likeness (QED) is 0.457. The first-order valence-corrected chi connectivity index (χ1v) is 6.35. The molecule has 0 radical (unpaired) electrons. The van der Waals surface area contributed by atoms with Crippen LogP contribution in [0.3, 0.4) is 0 Å². The molecule has 8 nitrogen and oxygen atoms in total. The average Bonchev–Trinajstić information content (AvgIpc) is 2.55. The van der Waals surface area contributed by atoms with Gasteiger partial charge in [0.2, 0.25) is 0 Å². The van der Waals surface area contributed by atoms with Gasteiger partial charge in [-0.2, -0.15) is 0 Å². The first-order chi connectivity index (χ1) is 11.2. The van der Waals surface area contributed by atoms with Gasteiger partial charge in [0.15, 0.2) is 0 Å². The van der Waals surface area contributed by atoms with E-state index in [0.29, 0.717) is 0 Å². The number of hydrogen-bond donors (Lipinski definition) is 4. The summed E-state index contributed by atoms with van der Waals surface area (Å²) in [7, 11) is 0. The van der Waals surface area contributed by atoms with Crippen LogP contribution in [-0.4, -0.2) is 44.3 Å². The van der Waals surface area contributed by atoms with Gasteiger partial charge >= 0.3 is 23.9 Å². The van der Waals surface area contributed by atoms with Crippen LogP contribution in [-0.2, 0) is 25.8 Å². The maximum Gasteiger partial charge on any atom is 0.335 e. The summed E-state index contributed by atoms with van der Waals surface area (Å²) in [5, 5.41) is 33.9. The molecular formula is C16H12HfO8. The fourth-order valence-corrected chi connectivity index (χ4v) is 1.51. The monoisotopic (exact) mass is 512 g/mol. The van der Waals surface area contributed by atoms with E-state index in [1.54, 1.807) is 0 Å². The van der Waals surface area contributed by atoms with Crippen molar-refractivity contribution in [1.29, 1.82) is 0 Å². The number of aromatic carboxylic acids is 4. The standard InChI is InChI=1S/2C8H6O4.Hf/c2*9-7(10)5-1-2-6(4-3-5)8(11)12;/h2*1-4H,(H,9,10)(H,11,12);. The second kappa shape index (κ2) is 10.1. The Bertz CT molecular complexity index is 632. The Morgan fingerprint density at radius 1 is 0.440 bits per heavy atom. The van der Waals surface area contributed by atoms with Crippen molar-refractivity contribution in [3.05, 3.63) is 70.8 Å². The topological polar surface area (TPSA) is 149 Å². The van der Waals surface area contributed by atoms with Crippen molar-refractivity contribution in [1.82, 2.24) is 0 Å². The second-order valence-corrected chi connectivity index (χ2v) is 4.38. The van der Waals surface area contributed by atoms with Crippen molar-refractivity contribution in [2.45, 2.75) is 0 Å². The van der Waals surface area contributed by atoms with Crippen LogP contribution in [0.5, 0.6) is 0 Å². The molecule has 0 saturated heterocycles. The van der Waals surface area contributed by atoms with E-state index in [4.69, 9.17) is 20.4 Å². The molecule has 0 unspecified atom stereocenters. The van der Waals surface area contributed by atoms with Crippen LogP contribution in [0.4, 0.5) is 0 Å². The third-order valence-corrected chi connectivity index (χ3v) is 2.76. The first-order valence-electron chi connectivity index (χ1n) is 6.35. The van der Waals surface area contributed by atoms with E-state index in [9.17, 15) is 19.2 Å². The summed E-state index contributed by atoms with van der Waals surface area (Å²) >= 11 is 0. The number of carboxylic acid groups (broad SMARTS) is 4. The largest absolute Gasteiger partial charge is 0.478 e. The molecule has 0 saturated carbocycles. The maximum absolute atomic E-state index is 10.3. The molecule has 0 heterocycles. The smallest absolute Gasteiger partial charge is 0.335 e. The number of carbonyl (C=O) groups is 4. The normalized spacial score (nSPS) is 8.96. The molecule has 2 aromatic rings. The summed E-state index contributed by atoms with van der Waals surface area (Å²) < 4.78 is 0. The minimum absolute atomic E-state index is 0. The summed E-state index contributed by atoms with van der Waals surface area (Å²) in [4.78, 5) is 41.3. The molecule has 0 spiro atoms. The first kappa shape index (κ1) is 22.2. The molecule has 0 bridgehead atoms. The van der Waals surface area contributed by atoms with E-state index < -0.39 is 23.9 Å². The minimum Gasteiger partial charge on any atom is -0.478 e. The third kappa shape index (κ3) is 7.08. The molecule has 4 N–H and O–H groups in total. The third-order valence-electron chi connectivity index (χ3n) is 2.76. The average molecular weight is 511 g/mol. The fourth-order valence-electron chi connectivity index (χ4n) is 1.51. The van der Waals surface area contributed by atoms with E-state index in [0.717, 1.165) is 0 Å². The van der Waals surface area contributed by atoms with Gasteiger partial charge in [-0.1, -0.05) is 0 Å². The van der Waals surface area contributed by atoms with E-state index in [-0.39, 0.29) is 48.1 Å². The molecule has 0 aromatic heterocycles. The summed E-state index contributed by atoms with van der Waals surface area (Å²) in [6.45, 7) is 0. The summed E-state index contributed by atoms with van der Waals surface area (Å²) in [5.41, 5.74) is 0.333. The van der Waals surface area contributed by atoms with Crippen molar-refractivity contribution in [3.8, 4) is 0 Å². The Morgan fingerprint density at radius 2 is 0.560 bits per heavy atom. The molecule has 0 amide bonds. The summed E-state index contributed by atoms with van der Waals surface area (Å²) in [5.74, 6) is -4.25. The Hall–Kier alpha value is -2.81. The van der Waals surface area contributed by atoms with Crippen LogP contribution in [0.15, 0.2) is 48.5 Å². The van der Waals surface area contributed by atoms with E-state index in [1.165, 1.54) is 48.5 Å². The molecule has 0 atom stereocenters. The van der Waals surface area contributed by atoms with Gasteiger partial charge in [0.05, 0.1) is 22.3 Å². The number of carboxylic acids is 4. The van der Waals surface area contributed by atoms with Crippen LogP contribution in [0.2, 0.25) is 0 Å². The molecule has 2 aromatic carbocycles. The zero-order valence-corrected chi connectivity index (χ0v) is 16.1. The molecule has 2 rings (SSSR count). The molecule has 0 aliphatic rings. The molecule has 9 heteroatoms. The van der Waals surface area contributed by atoms with Crippen LogP contribution in [0.25, 0.3) is 0 Å². The van der Waals surface area contributed by atoms with Gasteiger partial charge in [-0.3, -0.25) is 0 Å². The van der Waals surface area contributed by atoms with E-state index >= 15 is 0 Å². The molecule has 128 valence electrons. The van der Waals surface area contributed by atoms with Gasteiger partial charge in [0.1, 0.15) is 0 Å². The van der Waals surface area contributed by atoms with Crippen LogP contribution < -0.4 is 0 Å². The second-order valence-electron chi connectivity index (χ2n) is 4.38. The van der Waals surface area contributed by atoms with Gasteiger partial charge in [-0.05, 0) is 48.5 Å². The zero-order chi connectivity index (χ0) is 18.3. The predicted octanol–water partition coefficient (Wildman–Crippen LogP) is 2.16. The van der Waals surface area contributed by atoms with Gasteiger partial charge in [0.25, 0.3) is 0 Å². The molecule has 0 fully saturated rings. The van der Waals surface area contributed by atoms with E-state index in [2.05, 4.69) is 0 Å². The Labute approximate surface area is 160 Å². The van der Waals surface area contributed by atoms with Crippen molar-refractivity contribution < 1.29 is 65.4 Å². The zero-order valence-electron chi connectivity index (χ0n) is 12.5. The van der Waals surface area contributed by atoms with Gasteiger partial charge < -0.3 is 20.4 Å². The molecule has 0 aliphatic heterocycles. The van der Waals surface area contributed by atoms with Crippen molar-refractivity contribution in [3.63, 3.8) is 0 Å². The Kier molecular flexibility index (Phi) is 9.00. The van der Waals surface area contributed by atoms with Gasteiger partial charge in [0, 0.05) is 25.8 Å². The van der Waals surface area contributed by atoms with Crippen molar-refractivity contribution >= 4 is 23.9 Å². The predicted molar refractivity (Wildman–Crippen MR) is 80.7 cm³/mol. The minimum atomic E-state index is -1.06. The number of benzene rings is 2. The Balaban J connectivity index is 0.000000443. The molecule has 25 heavy (non-hydrogen) atoms. The van der Waals surface area contributed by atoms with E-state index in [1.807, 2.05) is 0 Å². The van der Waals surface area contributed by atoms with Crippen LogP contribution in [0.1, 0.15) is 41.4 Å². The summed E-state index contributed by atoms with van der Waals surface area (Å²) in [6.07, 6.45) is 0. The number of rotatable bonds is 4. The Morgan fingerprint density at radius 3 is 0.640 bits per heavy atom. The maximum atomic E-state index is 10.3. The number of hydrogen-bond acceptors (Lipinski definition) is 4. The SMILES string of the molecule is O=C(O)c1ccc(C(=O)O)cc1.O=C(O)c1ccc(C(=O)O)cc1.[Hf]. The van der Waals surface area contributed by atoms with Crippen LogP contribution >= 0.6 is 0 Å². The fraction of sp³-hybridized carbons (Fsp3) is 0. The molecule has 0 aliphatic carbocycles.